The molecule has 0 aromatic heterocycles. The molecule has 0 aliphatic rings. The molecule has 0 spiro atoms. The number of nitrogen functional groups attached to an aromatic ring is 1. The van der Waals surface area contributed by atoms with Crippen molar-refractivity contribution in [3.05, 3.63) is 59.7 Å². The summed E-state index contributed by atoms with van der Waals surface area (Å²) in [6, 6.07) is 8.93. The number of rotatable bonds is 2. The quantitative estimate of drug-likeness (QED) is 0.803. The summed E-state index contributed by atoms with van der Waals surface area (Å²) in [5.41, 5.74) is 6.01. The van der Waals surface area contributed by atoms with Crippen LogP contribution in [-0.4, -0.2) is 5.91 Å². The molecule has 5 heteroatoms. The number of hydrogen-bond acceptors (Lipinski definition) is 2. The molecule has 0 unspecified atom stereocenters. The zero-order valence-corrected chi connectivity index (χ0v) is 9.28. The number of amides is 1. The number of carbonyl (C=O) groups is 1. The van der Waals surface area contributed by atoms with Crippen molar-refractivity contribution in [3.63, 3.8) is 0 Å². The number of hydrogen-bond donors (Lipinski definition) is 2. The van der Waals surface area contributed by atoms with Crippen LogP contribution in [0, 0.1) is 11.6 Å². The Morgan fingerprint density at radius 3 is 2.44 bits per heavy atom. The van der Waals surface area contributed by atoms with Gasteiger partial charge < -0.3 is 11.1 Å². The predicted octanol–water partition coefficient (Wildman–Crippen LogP) is 2.80. The molecule has 1 amide bonds. The van der Waals surface area contributed by atoms with Gasteiger partial charge >= 0.3 is 0 Å². The fourth-order valence-corrected chi connectivity index (χ4v) is 1.51. The summed E-state index contributed by atoms with van der Waals surface area (Å²) in [6.07, 6.45) is 0. The molecule has 0 aliphatic carbocycles. The molecule has 0 atom stereocenters. The van der Waals surface area contributed by atoms with Crippen LogP contribution >= 0.6 is 0 Å². The van der Waals surface area contributed by atoms with Gasteiger partial charge in [-0.15, -0.1) is 0 Å². The van der Waals surface area contributed by atoms with Crippen LogP contribution in [0.15, 0.2) is 42.5 Å². The minimum Gasteiger partial charge on any atom is -0.398 e. The molecule has 0 bridgehead atoms. The molecule has 3 N–H and O–H groups in total. The lowest BCUT2D eigenvalue weighted by atomic mass is 10.1. The van der Waals surface area contributed by atoms with E-state index in [0.29, 0.717) is 5.69 Å². The number of benzene rings is 2. The molecule has 2 aromatic rings. The number of anilines is 2. The van der Waals surface area contributed by atoms with Gasteiger partial charge in [0, 0.05) is 11.4 Å². The van der Waals surface area contributed by atoms with E-state index in [1.807, 2.05) is 0 Å². The SMILES string of the molecule is Nc1cc(F)ccc1C(=O)Nc1cccc(F)c1. The molecule has 0 saturated carbocycles. The molecule has 0 radical (unpaired) electrons. The van der Waals surface area contributed by atoms with Crippen LogP contribution in [0.4, 0.5) is 20.2 Å². The molecule has 2 aromatic carbocycles. The van der Waals surface area contributed by atoms with Crippen molar-refractivity contribution >= 4 is 17.3 Å². The zero-order valence-electron chi connectivity index (χ0n) is 9.28. The minimum atomic E-state index is -0.519. The molecular weight excluding hydrogens is 238 g/mol. The second kappa shape index (κ2) is 4.83. The van der Waals surface area contributed by atoms with Crippen molar-refractivity contribution < 1.29 is 13.6 Å². The Balaban J connectivity index is 2.22. The lowest BCUT2D eigenvalue weighted by Gasteiger charge is -2.07. The summed E-state index contributed by atoms with van der Waals surface area (Å²) in [7, 11) is 0. The van der Waals surface area contributed by atoms with Gasteiger partial charge in [0.15, 0.2) is 0 Å². The maximum absolute atomic E-state index is 12.9. The first-order chi connectivity index (χ1) is 8.56. The summed E-state index contributed by atoms with van der Waals surface area (Å²) < 4.78 is 25.8. The third kappa shape index (κ3) is 2.63. The standard InChI is InChI=1S/C13H10F2N2O/c14-8-2-1-3-10(6-8)17-13(18)11-5-4-9(15)7-12(11)16/h1-7H,16H2,(H,17,18). The van der Waals surface area contributed by atoms with Crippen molar-refractivity contribution in [2.45, 2.75) is 0 Å². The van der Waals surface area contributed by atoms with E-state index >= 15 is 0 Å². The van der Waals surface area contributed by atoms with Gasteiger partial charge in [0.1, 0.15) is 11.6 Å². The van der Waals surface area contributed by atoms with Gasteiger partial charge in [-0.3, -0.25) is 4.79 Å². The second-order valence-corrected chi connectivity index (χ2v) is 3.70. The van der Waals surface area contributed by atoms with Crippen LogP contribution in [0.25, 0.3) is 0 Å². The zero-order chi connectivity index (χ0) is 13.1. The Morgan fingerprint density at radius 2 is 1.78 bits per heavy atom. The van der Waals surface area contributed by atoms with Crippen LogP contribution in [0.5, 0.6) is 0 Å². The highest BCUT2D eigenvalue weighted by Gasteiger charge is 2.10. The first-order valence-corrected chi connectivity index (χ1v) is 5.18. The molecule has 92 valence electrons. The van der Waals surface area contributed by atoms with Crippen LogP contribution in [0.2, 0.25) is 0 Å². The predicted molar refractivity (Wildman–Crippen MR) is 65.2 cm³/mol. The van der Waals surface area contributed by atoms with Gasteiger partial charge in [0.25, 0.3) is 5.91 Å². The number of nitrogens with one attached hydrogen (secondary N) is 1. The fourth-order valence-electron chi connectivity index (χ4n) is 1.51. The molecule has 0 aliphatic heterocycles. The lowest BCUT2D eigenvalue weighted by Crippen LogP contribution is -2.14. The Hall–Kier alpha value is -2.43. The van der Waals surface area contributed by atoms with E-state index in [1.165, 1.54) is 24.3 Å². The highest BCUT2D eigenvalue weighted by Crippen LogP contribution is 2.16. The molecule has 0 fully saturated rings. The highest BCUT2D eigenvalue weighted by atomic mass is 19.1. The monoisotopic (exact) mass is 248 g/mol. The third-order valence-electron chi connectivity index (χ3n) is 2.34. The van der Waals surface area contributed by atoms with Crippen LogP contribution < -0.4 is 11.1 Å². The largest absolute Gasteiger partial charge is 0.398 e. The lowest BCUT2D eigenvalue weighted by molar-refractivity contribution is 0.102. The summed E-state index contributed by atoms with van der Waals surface area (Å²) in [4.78, 5) is 11.8. The van der Waals surface area contributed by atoms with Gasteiger partial charge in [0.2, 0.25) is 0 Å². The van der Waals surface area contributed by atoms with Gasteiger partial charge in [0.05, 0.1) is 5.56 Å². The molecule has 3 nitrogen and oxygen atoms in total. The van der Waals surface area contributed by atoms with E-state index in [4.69, 9.17) is 5.73 Å². The maximum Gasteiger partial charge on any atom is 0.257 e. The van der Waals surface area contributed by atoms with Crippen LogP contribution in [0.3, 0.4) is 0 Å². The van der Waals surface area contributed by atoms with E-state index < -0.39 is 17.5 Å². The Bertz CT molecular complexity index is 599. The van der Waals surface area contributed by atoms with Crippen molar-refractivity contribution in [2.75, 3.05) is 11.1 Å². The average molecular weight is 248 g/mol. The normalized spacial score (nSPS) is 10.1. The summed E-state index contributed by atoms with van der Waals surface area (Å²) >= 11 is 0. The summed E-state index contributed by atoms with van der Waals surface area (Å²) in [5, 5.41) is 2.48. The van der Waals surface area contributed by atoms with E-state index in [0.717, 1.165) is 12.1 Å². The van der Waals surface area contributed by atoms with Crippen molar-refractivity contribution in [1.29, 1.82) is 0 Å². The van der Waals surface area contributed by atoms with E-state index in [-0.39, 0.29) is 11.3 Å². The Labute approximate surface area is 102 Å². The number of nitrogens with two attached hydrogens (primary N) is 1. The van der Waals surface area contributed by atoms with Crippen molar-refractivity contribution in [2.24, 2.45) is 0 Å². The van der Waals surface area contributed by atoms with E-state index in [2.05, 4.69) is 5.32 Å². The highest BCUT2D eigenvalue weighted by molar-refractivity contribution is 6.07. The second-order valence-electron chi connectivity index (χ2n) is 3.70. The summed E-state index contributed by atoms with van der Waals surface area (Å²) in [6.45, 7) is 0. The first-order valence-electron chi connectivity index (χ1n) is 5.18. The topological polar surface area (TPSA) is 55.1 Å². The Kier molecular flexibility index (Phi) is 3.23. The molecule has 0 heterocycles. The van der Waals surface area contributed by atoms with E-state index in [1.54, 1.807) is 6.07 Å². The van der Waals surface area contributed by atoms with Crippen molar-refractivity contribution in [3.8, 4) is 0 Å². The Morgan fingerprint density at radius 1 is 1.06 bits per heavy atom. The minimum absolute atomic E-state index is 0.0314. The van der Waals surface area contributed by atoms with Gasteiger partial charge in [-0.25, -0.2) is 8.78 Å². The number of carbonyl (C=O) groups excluding carboxylic acids is 1. The smallest absolute Gasteiger partial charge is 0.257 e. The summed E-state index contributed by atoms with van der Waals surface area (Å²) in [5.74, 6) is -1.49. The fraction of sp³-hybridized carbons (Fsp3) is 0. The van der Waals surface area contributed by atoms with Crippen LogP contribution in [-0.2, 0) is 0 Å². The third-order valence-corrected chi connectivity index (χ3v) is 2.34. The van der Waals surface area contributed by atoms with Crippen LogP contribution in [0.1, 0.15) is 10.4 Å². The molecular formula is C13H10F2N2O. The molecule has 18 heavy (non-hydrogen) atoms. The molecule has 0 saturated heterocycles. The van der Waals surface area contributed by atoms with Gasteiger partial charge in [-0.1, -0.05) is 6.07 Å². The maximum atomic E-state index is 12.9. The number of halogens is 2. The van der Waals surface area contributed by atoms with E-state index in [9.17, 15) is 13.6 Å². The van der Waals surface area contributed by atoms with Gasteiger partial charge in [-0.2, -0.15) is 0 Å². The average Bonchev–Trinajstić information content (AvgIpc) is 2.28. The van der Waals surface area contributed by atoms with Crippen molar-refractivity contribution in [1.82, 2.24) is 0 Å². The molecule has 2 rings (SSSR count). The van der Waals surface area contributed by atoms with Gasteiger partial charge in [-0.05, 0) is 36.4 Å². The first kappa shape index (κ1) is 12.0.